The fourth-order valence-corrected chi connectivity index (χ4v) is 2.83. The molecule has 0 radical (unpaired) electrons. The highest BCUT2D eigenvalue weighted by Gasteiger charge is 2.31. The number of nitrogens with two attached hydrogens (primary N) is 1. The summed E-state index contributed by atoms with van der Waals surface area (Å²) in [5.74, 6) is 0. The Morgan fingerprint density at radius 3 is 2.55 bits per heavy atom. The molecule has 0 atom stereocenters. The van der Waals surface area contributed by atoms with Crippen molar-refractivity contribution in [2.75, 3.05) is 31.9 Å². The van der Waals surface area contributed by atoms with Crippen LogP contribution >= 0.6 is 0 Å². The standard InChI is InChI=1S/C14H20N4O2/c15-13-4-1-11(9-14(13)18(19)20)10-16-5-7-17(8-6-16)12-2-3-12/h1,4,9,12H,2-3,5-8,10,15H2. The van der Waals surface area contributed by atoms with E-state index in [0.717, 1.165) is 44.3 Å². The number of nitro benzene ring substituents is 1. The summed E-state index contributed by atoms with van der Waals surface area (Å²) in [6.07, 6.45) is 2.70. The molecule has 1 aliphatic carbocycles. The second-order valence-corrected chi connectivity index (χ2v) is 5.69. The van der Waals surface area contributed by atoms with Gasteiger partial charge in [-0.1, -0.05) is 6.07 Å². The molecule has 20 heavy (non-hydrogen) atoms. The highest BCUT2D eigenvalue weighted by atomic mass is 16.6. The molecular formula is C14H20N4O2. The van der Waals surface area contributed by atoms with E-state index in [1.54, 1.807) is 12.1 Å². The van der Waals surface area contributed by atoms with Crippen LogP contribution in [0.3, 0.4) is 0 Å². The highest BCUT2D eigenvalue weighted by Crippen LogP contribution is 2.28. The molecular weight excluding hydrogens is 256 g/mol. The third-order valence-corrected chi connectivity index (χ3v) is 4.17. The van der Waals surface area contributed by atoms with Crippen LogP contribution in [0, 0.1) is 10.1 Å². The molecule has 2 aliphatic rings. The van der Waals surface area contributed by atoms with Crippen molar-refractivity contribution in [1.82, 2.24) is 9.80 Å². The molecule has 1 aromatic rings. The van der Waals surface area contributed by atoms with Crippen molar-refractivity contribution in [2.24, 2.45) is 0 Å². The minimum atomic E-state index is -0.413. The molecule has 1 saturated heterocycles. The number of rotatable bonds is 4. The summed E-state index contributed by atoms with van der Waals surface area (Å²) >= 11 is 0. The molecule has 2 fully saturated rings. The van der Waals surface area contributed by atoms with Crippen molar-refractivity contribution in [1.29, 1.82) is 0 Å². The van der Waals surface area contributed by atoms with Gasteiger partial charge in [-0.15, -0.1) is 0 Å². The number of hydrogen-bond donors (Lipinski definition) is 1. The highest BCUT2D eigenvalue weighted by molar-refractivity contribution is 5.59. The average Bonchev–Trinajstić information content (AvgIpc) is 3.26. The Bertz CT molecular complexity index is 508. The molecule has 0 bridgehead atoms. The molecule has 3 rings (SSSR count). The number of piperazine rings is 1. The lowest BCUT2D eigenvalue weighted by molar-refractivity contribution is -0.384. The Labute approximate surface area is 118 Å². The van der Waals surface area contributed by atoms with Crippen molar-refractivity contribution in [2.45, 2.75) is 25.4 Å². The van der Waals surface area contributed by atoms with Crippen LogP contribution in [0.25, 0.3) is 0 Å². The van der Waals surface area contributed by atoms with Gasteiger partial charge >= 0.3 is 0 Å². The van der Waals surface area contributed by atoms with Crippen molar-refractivity contribution in [3.8, 4) is 0 Å². The Hall–Kier alpha value is -1.66. The van der Waals surface area contributed by atoms with Gasteiger partial charge in [0.05, 0.1) is 4.92 Å². The van der Waals surface area contributed by atoms with Crippen molar-refractivity contribution < 1.29 is 4.92 Å². The van der Waals surface area contributed by atoms with E-state index in [9.17, 15) is 10.1 Å². The molecule has 1 saturated carbocycles. The lowest BCUT2D eigenvalue weighted by Gasteiger charge is -2.34. The molecule has 0 unspecified atom stereocenters. The maximum Gasteiger partial charge on any atom is 0.292 e. The maximum atomic E-state index is 10.9. The lowest BCUT2D eigenvalue weighted by atomic mass is 10.1. The smallest absolute Gasteiger partial charge is 0.292 e. The number of hydrogen-bond acceptors (Lipinski definition) is 5. The number of nitrogens with zero attached hydrogens (tertiary/aromatic N) is 3. The lowest BCUT2D eigenvalue weighted by Crippen LogP contribution is -2.46. The van der Waals surface area contributed by atoms with E-state index in [-0.39, 0.29) is 11.4 Å². The van der Waals surface area contributed by atoms with E-state index < -0.39 is 4.92 Å². The van der Waals surface area contributed by atoms with E-state index in [1.165, 1.54) is 12.8 Å². The van der Waals surface area contributed by atoms with Gasteiger partial charge in [0.1, 0.15) is 5.69 Å². The van der Waals surface area contributed by atoms with E-state index >= 15 is 0 Å². The second kappa shape index (κ2) is 5.38. The zero-order valence-corrected chi connectivity index (χ0v) is 11.5. The Balaban J connectivity index is 1.60. The Morgan fingerprint density at radius 2 is 1.95 bits per heavy atom. The molecule has 1 aromatic carbocycles. The van der Waals surface area contributed by atoms with Gasteiger partial charge in [-0.05, 0) is 24.5 Å². The van der Waals surface area contributed by atoms with Crippen molar-refractivity contribution in [3.63, 3.8) is 0 Å². The molecule has 6 heteroatoms. The number of anilines is 1. The van der Waals surface area contributed by atoms with Crippen LogP contribution in [0.1, 0.15) is 18.4 Å². The summed E-state index contributed by atoms with van der Waals surface area (Å²) in [6.45, 7) is 5.06. The minimum Gasteiger partial charge on any atom is -0.393 e. The topological polar surface area (TPSA) is 75.6 Å². The average molecular weight is 276 g/mol. The monoisotopic (exact) mass is 276 g/mol. The van der Waals surface area contributed by atoms with Crippen LogP contribution in [-0.4, -0.2) is 46.9 Å². The van der Waals surface area contributed by atoms with Crippen molar-refractivity contribution in [3.05, 3.63) is 33.9 Å². The molecule has 1 heterocycles. The van der Waals surface area contributed by atoms with Gasteiger partial charge in [0, 0.05) is 44.8 Å². The minimum absolute atomic E-state index is 0.0131. The molecule has 6 nitrogen and oxygen atoms in total. The van der Waals surface area contributed by atoms with Gasteiger partial charge in [-0.2, -0.15) is 0 Å². The Kier molecular flexibility index (Phi) is 3.58. The van der Waals surface area contributed by atoms with Gasteiger partial charge in [0.2, 0.25) is 0 Å². The second-order valence-electron chi connectivity index (χ2n) is 5.69. The van der Waals surface area contributed by atoms with Crippen LogP contribution < -0.4 is 5.73 Å². The van der Waals surface area contributed by atoms with E-state index in [1.807, 2.05) is 6.07 Å². The molecule has 0 amide bonds. The van der Waals surface area contributed by atoms with Crippen LogP contribution in [-0.2, 0) is 6.54 Å². The first kappa shape index (κ1) is 13.3. The fraction of sp³-hybridized carbons (Fsp3) is 0.571. The summed E-state index contributed by atoms with van der Waals surface area (Å²) in [5.41, 5.74) is 6.83. The first-order chi connectivity index (χ1) is 9.63. The van der Waals surface area contributed by atoms with E-state index in [4.69, 9.17) is 5.73 Å². The quantitative estimate of drug-likeness (QED) is 0.512. The maximum absolute atomic E-state index is 10.9. The molecule has 0 spiro atoms. The first-order valence-corrected chi connectivity index (χ1v) is 7.12. The van der Waals surface area contributed by atoms with Crippen LogP contribution in [0.15, 0.2) is 18.2 Å². The number of benzene rings is 1. The predicted molar refractivity (Wildman–Crippen MR) is 77.4 cm³/mol. The third kappa shape index (κ3) is 2.91. The van der Waals surface area contributed by atoms with Crippen LogP contribution in [0.5, 0.6) is 0 Å². The summed E-state index contributed by atoms with van der Waals surface area (Å²) in [6, 6.07) is 5.95. The van der Waals surface area contributed by atoms with Crippen molar-refractivity contribution >= 4 is 11.4 Å². The van der Waals surface area contributed by atoms with Gasteiger partial charge in [-0.25, -0.2) is 0 Å². The molecule has 108 valence electrons. The SMILES string of the molecule is Nc1ccc(CN2CCN(C3CC3)CC2)cc1[N+](=O)[O-]. The first-order valence-electron chi connectivity index (χ1n) is 7.12. The third-order valence-electron chi connectivity index (χ3n) is 4.17. The molecule has 1 aliphatic heterocycles. The summed E-state index contributed by atoms with van der Waals surface area (Å²) in [7, 11) is 0. The van der Waals surface area contributed by atoms with Gasteiger partial charge in [0.25, 0.3) is 5.69 Å². The molecule has 0 aromatic heterocycles. The Morgan fingerprint density at radius 1 is 1.25 bits per heavy atom. The van der Waals surface area contributed by atoms with E-state index in [0.29, 0.717) is 0 Å². The zero-order valence-electron chi connectivity index (χ0n) is 11.5. The fourth-order valence-electron chi connectivity index (χ4n) is 2.83. The van der Waals surface area contributed by atoms with Gasteiger partial charge < -0.3 is 5.73 Å². The van der Waals surface area contributed by atoms with Crippen LogP contribution in [0.2, 0.25) is 0 Å². The van der Waals surface area contributed by atoms with E-state index in [2.05, 4.69) is 9.80 Å². The summed E-state index contributed by atoms with van der Waals surface area (Å²) < 4.78 is 0. The summed E-state index contributed by atoms with van der Waals surface area (Å²) in [5, 5.41) is 10.9. The van der Waals surface area contributed by atoms with Crippen LogP contribution in [0.4, 0.5) is 11.4 Å². The predicted octanol–water partition coefficient (Wildman–Crippen LogP) is 1.46. The summed E-state index contributed by atoms with van der Waals surface area (Å²) in [4.78, 5) is 15.4. The van der Waals surface area contributed by atoms with Gasteiger partial charge in [0.15, 0.2) is 0 Å². The normalized spacial score (nSPS) is 21.0. The van der Waals surface area contributed by atoms with Gasteiger partial charge in [-0.3, -0.25) is 19.9 Å². The number of nitro groups is 1. The number of nitrogen functional groups attached to an aromatic ring is 1. The molecule has 2 N–H and O–H groups in total. The largest absolute Gasteiger partial charge is 0.393 e. The zero-order chi connectivity index (χ0) is 14.1.